The van der Waals surface area contributed by atoms with Crippen LogP contribution in [0, 0.1) is 5.82 Å². The summed E-state index contributed by atoms with van der Waals surface area (Å²) in [6.07, 6.45) is 1.29. The van der Waals surface area contributed by atoms with Gasteiger partial charge in [-0.3, -0.25) is 9.36 Å². The van der Waals surface area contributed by atoms with Crippen LogP contribution >= 0.6 is 0 Å². The summed E-state index contributed by atoms with van der Waals surface area (Å²) in [5.74, 6) is -0.642. The highest BCUT2D eigenvalue weighted by Crippen LogP contribution is 2.21. The number of fused-ring (bicyclic) bond motifs is 1. The van der Waals surface area contributed by atoms with Crippen molar-refractivity contribution in [3.8, 4) is 5.69 Å². The molecule has 2 heterocycles. The monoisotopic (exact) mass is 355 g/mol. The predicted octanol–water partition coefficient (Wildman–Crippen LogP) is 2.77. The van der Waals surface area contributed by atoms with Gasteiger partial charge >= 0.3 is 5.97 Å². The largest absolute Gasteiger partial charge is 0.462 e. The van der Waals surface area contributed by atoms with Gasteiger partial charge in [0.15, 0.2) is 5.65 Å². The molecule has 0 aliphatic heterocycles. The Labute approximate surface area is 149 Å². The van der Waals surface area contributed by atoms with E-state index in [1.807, 2.05) is 14.1 Å². The average Bonchev–Trinajstić information content (AvgIpc) is 2.62. The Hall–Kier alpha value is -3.22. The van der Waals surface area contributed by atoms with Crippen molar-refractivity contribution < 1.29 is 13.9 Å². The lowest BCUT2D eigenvalue weighted by molar-refractivity contribution is 0.0524. The molecule has 3 rings (SSSR count). The molecule has 0 unspecified atom stereocenters. The zero-order valence-electron chi connectivity index (χ0n) is 14.7. The van der Waals surface area contributed by atoms with E-state index < -0.39 is 17.2 Å². The fourth-order valence-electron chi connectivity index (χ4n) is 2.63. The van der Waals surface area contributed by atoms with Crippen LogP contribution in [0.5, 0.6) is 0 Å². The third-order valence-electron chi connectivity index (χ3n) is 3.90. The number of halogens is 1. The van der Waals surface area contributed by atoms with E-state index in [0.717, 1.165) is 0 Å². The molecule has 0 atom stereocenters. The van der Waals surface area contributed by atoms with Crippen LogP contribution in [0.2, 0.25) is 0 Å². The van der Waals surface area contributed by atoms with Crippen LogP contribution in [-0.2, 0) is 4.74 Å². The Kier molecular flexibility index (Phi) is 4.71. The Balaban J connectivity index is 2.40. The standard InChI is InChI=1S/C19H18FN3O3/c1-4-26-19(25)13-11-23(15-8-6-5-7-14(15)20)18-12(17(13)24)9-10-16(21-18)22(2)3/h5-11H,4H2,1-3H3. The topological polar surface area (TPSA) is 64.4 Å². The van der Waals surface area contributed by atoms with Gasteiger partial charge in [0.05, 0.1) is 17.7 Å². The Bertz CT molecular complexity index is 1040. The molecule has 0 N–H and O–H groups in total. The summed E-state index contributed by atoms with van der Waals surface area (Å²) < 4.78 is 20.8. The van der Waals surface area contributed by atoms with Gasteiger partial charge in [-0.1, -0.05) is 12.1 Å². The number of anilines is 1. The molecule has 0 bridgehead atoms. The number of carbonyl (C=O) groups excluding carboxylic acids is 1. The van der Waals surface area contributed by atoms with Gasteiger partial charge in [-0.25, -0.2) is 14.2 Å². The number of esters is 1. The fourth-order valence-corrected chi connectivity index (χ4v) is 2.63. The highest BCUT2D eigenvalue weighted by molar-refractivity contribution is 5.93. The molecular weight excluding hydrogens is 337 g/mol. The Morgan fingerprint density at radius 1 is 1.23 bits per heavy atom. The lowest BCUT2D eigenvalue weighted by Gasteiger charge is -2.16. The van der Waals surface area contributed by atoms with Crippen LogP contribution in [0.4, 0.5) is 10.2 Å². The van der Waals surface area contributed by atoms with Crippen LogP contribution in [0.3, 0.4) is 0 Å². The molecule has 0 spiro atoms. The first-order valence-corrected chi connectivity index (χ1v) is 8.09. The lowest BCUT2D eigenvalue weighted by Crippen LogP contribution is -2.22. The maximum absolute atomic E-state index is 14.4. The molecule has 0 saturated carbocycles. The van der Waals surface area contributed by atoms with Crippen LogP contribution < -0.4 is 10.3 Å². The summed E-state index contributed by atoms with van der Waals surface area (Å²) in [4.78, 5) is 31.2. The van der Waals surface area contributed by atoms with E-state index in [4.69, 9.17) is 4.74 Å². The average molecular weight is 355 g/mol. The van der Waals surface area contributed by atoms with Gasteiger partial charge in [-0.15, -0.1) is 0 Å². The molecule has 2 aromatic heterocycles. The quantitative estimate of drug-likeness (QED) is 0.674. The summed E-state index contributed by atoms with van der Waals surface area (Å²) in [7, 11) is 3.62. The first-order chi connectivity index (χ1) is 12.4. The molecule has 0 amide bonds. The summed E-state index contributed by atoms with van der Waals surface area (Å²) in [5.41, 5.74) is -0.211. The van der Waals surface area contributed by atoms with E-state index in [1.54, 1.807) is 42.2 Å². The molecule has 0 aliphatic carbocycles. The number of rotatable bonds is 4. The summed E-state index contributed by atoms with van der Waals surface area (Å²) >= 11 is 0. The lowest BCUT2D eigenvalue weighted by atomic mass is 10.1. The number of carbonyl (C=O) groups is 1. The normalized spacial score (nSPS) is 10.8. The molecule has 0 saturated heterocycles. The molecule has 26 heavy (non-hydrogen) atoms. The molecule has 0 aliphatic rings. The second kappa shape index (κ2) is 6.95. The van der Waals surface area contributed by atoms with E-state index in [1.165, 1.54) is 16.8 Å². The molecule has 0 fully saturated rings. The SMILES string of the molecule is CCOC(=O)c1cn(-c2ccccc2F)c2nc(N(C)C)ccc2c1=O. The molecule has 0 radical (unpaired) electrons. The number of ether oxygens (including phenoxy) is 1. The summed E-state index contributed by atoms with van der Waals surface area (Å²) in [6.45, 7) is 1.78. The predicted molar refractivity (Wildman–Crippen MR) is 97.6 cm³/mol. The van der Waals surface area contributed by atoms with Gasteiger partial charge in [0.1, 0.15) is 17.2 Å². The highest BCUT2D eigenvalue weighted by Gasteiger charge is 2.19. The molecule has 134 valence electrons. The van der Waals surface area contributed by atoms with Crippen molar-refractivity contribution in [3.05, 3.63) is 64.2 Å². The number of hydrogen-bond donors (Lipinski definition) is 0. The third kappa shape index (κ3) is 3.03. The maximum Gasteiger partial charge on any atom is 0.343 e. The minimum atomic E-state index is -0.749. The van der Waals surface area contributed by atoms with E-state index in [9.17, 15) is 14.0 Å². The van der Waals surface area contributed by atoms with Crippen molar-refractivity contribution >= 4 is 22.8 Å². The minimum absolute atomic E-state index is 0.133. The first-order valence-electron chi connectivity index (χ1n) is 8.09. The zero-order valence-corrected chi connectivity index (χ0v) is 14.7. The van der Waals surface area contributed by atoms with Gasteiger partial charge in [0.2, 0.25) is 5.43 Å². The number of nitrogens with zero attached hydrogens (tertiary/aromatic N) is 3. The minimum Gasteiger partial charge on any atom is -0.462 e. The molecule has 3 aromatic rings. The first kappa shape index (κ1) is 17.6. The number of para-hydroxylation sites is 1. The smallest absolute Gasteiger partial charge is 0.343 e. The summed E-state index contributed by atoms with van der Waals surface area (Å²) in [6, 6.07) is 9.35. The number of hydrogen-bond acceptors (Lipinski definition) is 5. The van der Waals surface area contributed by atoms with Crippen LogP contribution in [0.1, 0.15) is 17.3 Å². The van der Waals surface area contributed by atoms with Gasteiger partial charge in [-0.2, -0.15) is 0 Å². The van der Waals surface area contributed by atoms with Gasteiger partial charge in [0, 0.05) is 20.3 Å². The van der Waals surface area contributed by atoms with Crippen LogP contribution in [0.25, 0.3) is 16.7 Å². The molecule has 6 nitrogen and oxygen atoms in total. The van der Waals surface area contributed by atoms with Crippen LogP contribution in [-0.4, -0.2) is 36.2 Å². The maximum atomic E-state index is 14.4. The molecular formula is C19H18FN3O3. The molecule has 1 aromatic carbocycles. The van der Waals surface area contributed by atoms with Crippen molar-refractivity contribution in [1.82, 2.24) is 9.55 Å². The second-order valence-electron chi connectivity index (χ2n) is 5.85. The van der Waals surface area contributed by atoms with Crippen molar-refractivity contribution in [2.24, 2.45) is 0 Å². The molecule has 7 heteroatoms. The van der Waals surface area contributed by atoms with Crippen molar-refractivity contribution in [3.63, 3.8) is 0 Å². The second-order valence-corrected chi connectivity index (χ2v) is 5.85. The number of pyridine rings is 2. The zero-order chi connectivity index (χ0) is 18.8. The van der Waals surface area contributed by atoms with E-state index >= 15 is 0 Å². The fraction of sp³-hybridized carbons (Fsp3) is 0.211. The third-order valence-corrected chi connectivity index (χ3v) is 3.90. The van der Waals surface area contributed by atoms with Crippen molar-refractivity contribution in [1.29, 1.82) is 0 Å². The highest BCUT2D eigenvalue weighted by atomic mass is 19.1. The van der Waals surface area contributed by atoms with E-state index in [-0.39, 0.29) is 28.9 Å². The van der Waals surface area contributed by atoms with Gasteiger partial charge in [-0.05, 0) is 31.2 Å². The van der Waals surface area contributed by atoms with E-state index in [2.05, 4.69) is 4.98 Å². The number of aromatic nitrogens is 2. The van der Waals surface area contributed by atoms with Crippen molar-refractivity contribution in [2.75, 3.05) is 25.6 Å². The van der Waals surface area contributed by atoms with E-state index in [0.29, 0.717) is 5.82 Å². The van der Waals surface area contributed by atoms with Gasteiger partial charge in [0.25, 0.3) is 0 Å². The van der Waals surface area contributed by atoms with Crippen LogP contribution in [0.15, 0.2) is 47.4 Å². The summed E-state index contributed by atoms with van der Waals surface area (Å²) in [5, 5.41) is 0.212. The Morgan fingerprint density at radius 3 is 2.62 bits per heavy atom. The van der Waals surface area contributed by atoms with Gasteiger partial charge < -0.3 is 9.64 Å². The van der Waals surface area contributed by atoms with Crippen molar-refractivity contribution in [2.45, 2.75) is 6.92 Å². The number of benzene rings is 1. The Morgan fingerprint density at radius 2 is 1.96 bits per heavy atom.